The lowest BCUT2D eigenvalue weighted by Gasteiger charge is -1.91. The number of aliphatic hydroxyl groups is 2. The molecule has 10 heteroatoms. The van der Waals surface area contributed by atoms with Gasteiger partial charge in [0.05, 0.1) is 37.9 Å². The number of methoxy groups -OCH3 is 2. The lowest BCUT2D eigenvalue weighted by molar-refractivity contribution is -0.134. The van der Waals surface area contributed by atoms with Gasteiger partial charge in [-0.2, -0.15) is 25.3 Å². The van der Waals surface area contributed by atoms with Crippen LogP contribution in [0.1, 0.15) is 0 Å². The van der Waals surface area contributed by atoms with Gasteiger partial charge in [0, 0.05) is 14.2 Å². The monoisotopic (exact) mass is 336 g/mol. The molecule has 0 bridgehead atoms. The topological polar surface area (TPSA) is 134 Å². The first kappa shape index (κ1) is 27.8. The van der Waals surface area contributed by atoms with Gasteiger partial charge in [0.25, 0.3) is 0 Å². The molecule has 0 aromatic carbocycles. The van der Waals surface area contributed by atoms with Gasteiger partial charge in [-0.1, -0.05) is 0 Å². The van der Waals surface area contributed by atoms with Crippen LogP contribution in [0, 0.1) is 0 Å². The van der Waals surface area contributed by atoms with Crippen LogP contribution in [0.3, 0.4) is 0 Å². The fraction of sp³-hybridized carbons (Fsp3) is 0.800. The summed E-state index contributed by atoms with van der Waals surface area (Å²) in [6.07, 6.45) is 0. The molecular formula is C10H24O8S2. The molecule has 0 saturated heterocycles. The molecule has 0 rings (SSSR count). The standard InChI is InChI=1S/C4H10O2.2C2H4O2S.C2H6O2/c1-5-3-4-6-2;2*3-2(4)1-5;3-1-2-4/h3-4H2,1-2H3;2*5H,1H2,(H,3,4);3-4H,1-2H2. The third-order valence-corrected chi connectivity index (χ3v) is 1.40. The van der Waals surface area contributed by atoms with Crippen LogP contribution in [0.2, 0.25) is 0 Å². The van der Waals surface area contributed by atoms with E-state index >= 15 is 0 Å². The number of aliphatic hydroxyl groups excluding tert-OH is 2. The Balaban J connectivity index is -0.0000000862. The van der Waals surface area contributed by atoms with Crippen LogP contribution in [0.4, 0.5) is 0 Å². The Hall–Kier alpha value is -0.520. The van der Waals surface area contributed by atoms with Crippen molar-refractivity contribution in [1.29, 1.82) is 0 Å². The van der Waals surface area contributed by atoms with Crippen molar-refractivity contribution < 1.29 is 39.5 Å². The Bertz CT molecular complexity index is 172. The average molecular weight is 336 g/mol. The van der Waals surface area contributed by atoms with E-state index in [4.69, 9.17) is 20.4 Å². The first-order valence-corrected chi connectivity index (χ1v) is 6.49. The number of carboxylic acids is 2. The number of hydrogen-bond acceptors (Lipinski definition) is 8. The van der Waals surface area contributed by atoms with Crippen LogP contribution in [0.15, 0.2) is 0 Å². The van der Waals surface area contributed by atoms with Crippen molar-refractivity contribution >= 4 is 37.2 Å². The highest BCUT2D eigenvalue weighted by atomic mass is 32.1. The van der Waals surface area contributed by atoms with Crippen LogP contribution in [-0.4, -0.2) is 84.5 Å². The lowest BCUT2D eigenvalue weighted by atomic mass is 10.8. The largest absolute Gasteiger partial charge is 0.481 e. The summed E-state index contributed by atoms with van der Waals surface area (Å²) < 4.78 is 9.31. The molecule has 0 aliphatic heterocycles. The highest BCUT2D eigenvalue weighted by Crippen LogP contribution is 1.67. The van der Waals surface area contributed by atoms with Crippen molar-refractivity contribution in [2.24, 2.45) is 0 Å². The minimum absolute atomic E-state index is 0.0833. The van der Waals surface area contributed by atoms with Gasteiger partial charge in [-0.25, -0.2) is 0 Å². The number of hydrogen-bond donors (Lipinski definition) is 6. The van der Waals surface area contributed by atoms with Gasteiger partial charge in [-0.15, -0.1) is 0 Å². The number of carbonyl (C=O) groups is 2. The van der Waals surface area contributed by atoms with E-state index in [9.17, 15) is 9.59 Å². The summed E-state index contributed by atoms with van der Waals surface area (Å²) in [6.45, 7) is 1.13. The third-order valence-electron chi connectivity index (χ3n) is 0.862. The normalized spacial score (nSPS) is 7.90. The smallest absolute Gasteiger partial charge is 0.313 e. The molecule has 0 unspecified atom stereocenters. The van der Waals surface area contributed by atoms with E-state index in [-0.39, 0.29) is 24.7 Å². The first-order valence-electron chi connectivity index (χ1n) is 5.22. The number of thiol groups is 2. The van der Waals surface area contributed by atoms with E-state index < -0.39 is 11.9 Å². The van der Waals surface area contributed by atoms with Gasteiger partial charge in [0.1, 0.15) is 0 Å². The summed E-state index contributed by atoms with van der Waals surface area (Å²) >= 11 is 6.83. The minimum atomic E-state index is -0.881. The Morgan fingerprint density at radius 2 is 1.05 bits per heavy atom. The van der Waals surface area contributed by atoms with Crippen LogP contribution in [0.5, 0.6) is 0 Å². The Kier molecular flexibility index (Phi) is 43.1. The second kappa shape index (κ2) is 31.1. The molecular weight excluding hydrogens is 312 g/mol. The molecule has 20 heavy (non-hydrogen) atoms. The molecule has 0 aliphatic carbocycles. The Morgan fingerprint density at radius 1 is 0.850 bits per heavy atom. The zero-order valence-corrected chi connectivity index (χ0v) is 13.3. The second-order valence-electron chi connectivity index (χ2n) is 2.54. The van der Waals surface area contributed by atoms with Gasteiger partial charge in [0.2, 0.25) is 0 Å². The van der Waals surface area contributed by atoms with Gasteiger partial charge < -0.3 is 29.9 Å². The van der Waals surface area contributed by atoms with E-state index in [1.165, 1.54) is 0 Å². The molecule has 0 radical (unpaired) electrons. The molecule has 0 saturated carbocycles. The molecule has 0 amide bonds. The quantitative estimate of drug-likeness (QED) is 0.276. The molecule has 124 valence electrons. The van der Waals surface area contributed by atoms with Gasteiger partial charge in [0.15, 0.2) is 0 Å². The summed E-state index contributed by atoms with van der Waals surface area (Å²) in [6, 6.07) is 0. The highest BCUT2D eigenvalue weighted by molar-refractivity contribution is 7.81. The number of carboxylic acid groups (broad SMARTS) is 2. The fourth-order valence-electron chi connectivity index (χ4n) is 0.167. The van der Waals surface area contributed by atoms with Crippen molar-refractivity contribution in [2.45, 2.75) is 0 Å². The average Bonchev–Trinajstić information content (AvgIpc) is 2.46. The fourth-order valence-corrected chi connectivity index (χ4v) is 0.167. The molecule has 0 spiro atoms. The summed E-state index contributed by atoms with van der Waals surface area (Å²) in [5.41, 5.74) is 0. The van der Waals surface area contributed by atoms with Crippen LogP contribution in [-0.2, 0) is 19.1 Å². The molecule has 0 aromatic rings. The maximum atomic E-state index is 9.29. The second-order valence-corrected chi connectivity index (χ2v) is 3.17. The summed E-state index contributed by atoms with van der Waals surface area (Å²) in [5.74, 6) is -1.93. The van der Waals surface area contributed by atoms with E-state index in [2.05, 4.69) is 34.7 Å². The van der Waals surface area contributed by atoms with E-state index in [1.807, 2.05) is 0 Å². The first-order chi connectivity index (χ1) is 9.37. The molecule has 0 fully saturated rings. The Morgan fingerprint density at radius 3 is 1.10 bits per heavy atom. The van der Waals surface area contributed by atoms with Crippen molar-refractivity contribution in [1.82, 2.24) is 0 Å². The highest BCUT2D eigenvalue weighted by Gasteiger charge is 1.82. The summed E-state index contributed by atoms with van der Waals surface area (Å²) in [4.78, 5) is 18.6. The molecule has 0 aromatic heterocycles. The molecule has 0 aliphatic rings. The van der Waals surface area contributed by atoms with Gasteiger partial charge >= 0.3 is 11.9 Å². The zero-order chi connectivity index (χ0) is 16.8. The number of rotatable bonds is 6. The van der Waals surface area contributed by atoms with E-state index in [0.717, 1.165) is 0 Å². The molecule has 8 nitrogen and oxygen atoms in total. The molecule has 4 N–H and O–H groups in total. The maximum Gasteiger partial charge on any atom is 0.313 e. The van der Waals surface area contributed by atoms with Crippen molar-refractivity contribution in [2.75, 3.05) is 52.2 Å². The third kappa shape index (κ3) is 84.9. The van der Waals surface area contributed by atoms with E-state index in [0.29, 0.717) is 13.2 Å². The van der Waals surface area contributed by atoms with Crippen LogP contribution >= 0.6 is 25.3 Å². The SMILES string of the molecule is COCCOC.O=C(O)CS.O=C(O)CS.OCCO. The van der Waals surface area contributed by atoms with E-state index in [1.54, 1.807) is 14.2 Å². The lowest BCUT2D eigenvalue weighted by Crippen LogP contribution is -1.96. The Labute approximate surface area is 129 Å². The van der Waals surface area contributed by atoms with Crippen molar-refractivity contribution in [3.05, 3.63) is 0 Å². The van der Waals surface area contributed by atoms with Crippen molar-refractivity contribution in [3.8, 4) is 0 Å². The van der Waals surface area contributed by atoms with Crippen LogP contribution in [0.25, 0.3) is 0 Å². The maximum absolute atomic E-state index is 9.29. The predicted molar refractivity (Wildman–Crippen MR) is 80.9 cm³/mol. The minimum Gasteiger partial charge on any atom is -0.481 e. The summed E-state index contributed by atoms with van der Waals surface area (Å²) in [7, 11) is 3.30. The predicted octanol–water partition coefficient (Wildman–Crippen LogP) is -0.748. The number of ether oxygens (including phenoxy) is 2. The van der Waals surface area contributed by atoms with Crippen LogP contribution < -0.4 is 0 Å². The van der Waals surface area contributed by atoms with Gasteiger partial charge in [-0.3, -0.25) is 9.59 Å². The molecule has 0 heterocycles. The zero-order valence-electron chi connectivity index (χ0n) is 11.6. The number of aliphatic carboxylic acids is 2. The van der Waals surface area contributed by atoms with Crippen molar-refractivity contribution in [3.63, 3.8) is 0 Å². The molecule has 0 atom stereocenters. The summed E-state index contributed by atoms with van der Waals surface area (Å²) in [5, 5.41) is 30.5. The van der Waals surface area contributed by atoms with Gasteiger partial charge in [-0.05, 0) is 0 Å².